The van der Waals surface area contributed by atoms with Crippen molar-refractivity contribution >= 4 is 17.3 Å². The van der Waals surface area contributed by atoms with Crippen LogP contribution in [0.15, 0.2) is 43.0 Å². The summed E-state index contributed by atoms with van der Waals surface area (Å²) in [6, 6.07) is 5.62. The third-order valence-electron chi connectivity index (χ3n) is 7.18. The number of hydrogen-bond donors (Lipinski definition) is 1. The van der Waals surface area contributed by atoms with Crippen LogP contribution in [0.3, 0.4) is 0 Å². The molecule has 2 aliphatic heterocycles. The average molecular weight is 544 g/mol. The minimum atomic E-state index is -0.144. The van der Waals surface area contributed by atoms with E-state index in [9.17, 15) is 0 Å². The van der Waals surface area contributed by atoms with Crippen LogP contribution in [0.5, 0.6) is 17.4 Å². The molecule has 40 heavy (non-hydrogen) atoms. The highest BCUT2D eigenvalue weighted by Crippen LogP contribution is 2.37. The highest BCUT2D eigenvalue weighted by atomic mass is 16.5. The molecule has 6 heterocycles. The highest BCUT2D eigenvalue weighted by molar-refractivity contribution is 5.73. The molecule has 4 aromatic heterocycles. The van der Waals surface area contributed by atoms with Crippen LogP contribution in [0.1, 0.15) is 13.3 Å². The van der Waals surface area contributed by atoms with Crippen molar-refractivity contribution in [3.63, 3.8) is 0 Å². The number of nitrogens with zero attached hydrogens (tertiary/aromatic N) is 8. The zero-order valence-corrected chi connectivity index (χ0v) is 23.2. The minimum Gasteiger partial charge on any atom is -0.494 e. The molecule has 0 unspecified atom stereocenters. The van der Waals surface area contributed by atoms with Crippen molar-refractivity contribution in [2.75, 3.05) is 57.2 Å². The Morgan fingerprint density at radius 1 is 0.975 bits per heavy atom. The van der Waals surface area contributed by atoms with Gasteiger partial charge < -0.3 is 29.3 Å². The molecule has 12 nitrogen and oxygen atoms in total. The van der Waals surface area contributed by atoms with Crippen LogP contribution >= 0.6 is 0 Å². The fraction of sp³-hybridized carbons (Fsp3) is 0.393. The first-order valence-electron chi connectivity index (χ1n) is 13.4. The van der Waals surface area contributed by atoms with Crippen molar-refractivity contribution in [3.8, 4) is 40.0 Å². The van der Waals surface area contributed by atoms with Crippen molar-refractivity contribution in [1.82, 2.24) is 34.6 Å². The second-order valence-corrected chi connectivity index (χ2v) is 10.0. The molecule has 1 fully saturated rings. The van der Waals surface area contributed by atoms with E-state index >= 15 is 0 Å². The maximum Gasteiger partial charge on any atom is 0.222 e. The number of piperazine rings is 1. The lowest BCUT2D eigenvalue weighted by Gasteiger charge is -2.34. The monoisotopic (exact) mass is 543 g/mol. The van der Waals surface area contributed by atoms with Gasteiger partial charge in [-0.05, 0) is 20.0 Å². The first-order valence-corrected chi connectivity index (χ1v) is 13.4. The van der Waals surface area contributed by atoms with Crippen LogP contribution in [-0.4, -0.2) is 87.7 Å². The van der Waals surface area contributed by atoms with Gasteiger partial charge in [-0.3, -0.25) is 4.98 Å². The number of hydrogen-bond acceptors (Lipinski definition) is 11. The highest BCUT2D eigenvalue weighted by Gasteiger charge is 2.22. The van der Waals surface area contributed by atoms with Gasteiger partial charge in [0.25, 0.3) is 0 Å². The van der Waals surface area contributed by atoms with Crippen LogP contribution in [-0.2, 0) is 7.05 Å². The van der Waals surface area contributed by atoms with Crippen LogP contribution in [0, 0.1) is 0 Å². The van der Waals surface area contributed by atoms with Crippen molar-refractivity contribution in [2.45, 2.75) is 19.4 Å². The molecule has 0 saturated carbocycles. The number of aromatic nitrogens is 6. The summed E-state index contributed by atoms with van der Waals surface area (Å²) in [5.41, 5.74) is 3.20. The van der Waals surface area contributed by atoms with E-state index in [0.29, 0.717) is 42.1 Å². The van der Waals surface area contributed by atoms with Gasteiger partial charge in [-0.25, -0.2) is 19.6 Å². The minimum absolute atomic E-state index is 0.144. The Kier molecular flexibility index (Phi) is 7.08. The van der Waals surface area contributed by atoms with E-state index in [1.807, 2.05) is 32.3 Å². The summed E-state index contributed by atoms with van der Waals surface area (Å²) < 4.78 is 20.1. The molecule has 4 bridgehead atoms. The molecule has 2 aliphatic rings. The number of anilines is 3. The number of pyridine rings is 2. The fourth-order valence-corrected chi connectivity index (χ4v) is 4.86. The Hall–Kier alpha value is -4.45. The molecule has 0 spiro atoms. The summed E-state index contributed by atoms with van der Waals surface area (Å²) in [7, 11) is 5.67. The van der Waals surface area contributed by atoms with E-state index in [4.69, 9.17) is 19.2 Å². The van der Waals surface area contributed by atoms with Crippen LogP contribution < -0.4 is 24.4 Å². The second-order valence-electron chi connectivity index (χ2n) is 10.0. The summed E-state index contributed by atoms with van der Waals surface area (Å²) in [6.07, 6.45) is 7.56. The average Bonchev–Trinajstić information content (AvgIpc) is 3.33. The van der Waals surface area contributed by atoms with E-state index < -0.39 is 0 Å². The predicted molar refractivity (Wildman–Crippen MR) is 151 cm³/mol. The van der Waals surface area contributed by atoms with Gasteiger partial charge in [0, 0.05) is 64.2 Å². The normalized spacial score (nSPS) is 17.6. The topological polar surface area (TPSA) is 116 Å². The molecular formula is C28H33N9O3. The molecule has 1 N–H and O–H groups in total. The molecule has 0 aromatic carbocycles. The Morgan fingerprint density at radius 3 is 2.65 bits per heavy atom. The maximum atomic E-state index is 6.46. The summed E-state index contributed by atoms with van der Waals surface area (Å²) in [6.45, 7) is 6.30. The van der Waals surface area contributed by atoms with Gasteiger partial charge in [0.15, 0.2) is 5.82 Å². The SMILES string of the molecule is COc1cc(-c2cnc3cc2O[C@@H](C)CCOc2c(cnn2C)-c2nccc(n2)N3)ncc1N1CCN(C)CC1. The first-order chi connectivity index (χ1) is 19.5. The van der Waals surface area contributed by atoms with Gasteiger partial charge in [0.2, 0.25) is 5.88 Å². The summed E-state index contributed by atoms with van der Waals surface area (Å²) in [4.78, 5) is 23.2. The van der Waals surface area contributed by atoms with Gasteiger partial charge in [-0.1, -0.05) is 0 Å². The van der Waals surface area contributed by atoms with Gasteiger partial charge >= 0.3 is 0 Å². The van der Waals surface area contributed by atoms with Crippen molar-refractivity contribution in [1.29, 1.82) is 0 Å². The van der Waals surface area contributed by atoms with Crippen LogP contribution in [0.25, 0.3) is 22.6 Å². The molecule has 0 aliphatic carbocycles. The molecule has 12 heteroatoms. The smallest absolute Gasteiger partial charge is 0.222 e. The van der Waals surface area contributed by atoms with E-state index in [1.165, 1.54) is 0 Å². The Bertz CT molecular complexity index is 1500. The predicted octanol–water partition coefficient (Wildman–Crippen LogP) is 3.39. The molecule has 4 aromatic rings. The summed E-state index contributed by atoms with van der Waals surface area (Å²) in [5, 5.41) is 7.63. The first kappa shape index (κ1) is 25.8. The Labute approximate surface area is 233 Å². The molecule has 1 saturated heterocycles. The van der Waals surface area contributed by atoms with E-state index in [1.54, 1.807) is 36.4 Å². The molecule has 1 atom stereocenters. The third kappa shape index (κ3) is 5.22. The lowest BCUT2D eigenvalue weighted by Crippen LogP contribution is -2.44. The Morgan fingerprint density at radius 2 is 1.82 bits per heavy atom. The molecule has 0 amide bonds. The molecule has 6 rings (SSSR count). The van der Waals surface area contributed by atoms with Gasteiger partial charge in [-0.2, -0.15) is 5.10 Å². The number of methoxy groups -OCH3 is 1. The van der Waals surface area contributed by atoms with Crippen molar-refractivity contribution < 1.29 is 14.2 Å². The second kappa shape index (κ2) is 11.0. The van der Waals surface area contributed by atoms with Crippen molar-refractivity contribution in [2.24, 2.45) is 7.05 Å². The largest absolute Gasteiger partial charge is 0.494 e. The van der Waals surface area contributed by atoms with E-state index in [0.717, 1.165) is 54.4 Å². The number of likely N-dealkylation sites (N-methyl/N-ethyl adjacent to an activating group) is 1. The zero-order valence-electron chi connectivity index (χ0n) is 23.2. The van der Waals surface area contributed by atoms with E-state index in [2.05, 4.69) is 42.2 Å². The Balaban J connectivity index is 1.35. The quantitative estimate of drug-likeness (QED) is 0.410. The number of nitrogens with one attached hydrogen (secondary N) is 1. The standard InChI is InChI=1S/C28H33N9O3/c1-18-6-12-39-28-20(16-32-36(28)3)27-29-7-5-25(34-27)33-26-14-23(40-18)19(15-31-26)21-13-24(38-4)22(17-30-21)37-10-8-35(2)9-11-37/h5,7,13-18H,6,8-12H2,1-4H3,(H,29,31,33,34)/t18-/m0/s1. The van der Waals surface area contributed by atoms with Gasteiger partial charge in [-0.15, -0.1) is 0 Å². The molecule has 208 valence electrons. The molecular weight excluding hydrogens is 510 g/mol. The van der Waals surface area contributed by atoms with Crippen LogP contribution in [0.4, 0.5) is 17.3 Å². The number of fused-ring (bicyclic) bond motifs is 6. The lowest BCUT2D eigenvalue weighted by molar-refractivity contribution is 0.173. The van der Waals surface area contributed by atoms with E-state index in [-0.39, 0.29) is 6.10 Å². The maximum absolute atomic E-state index is 6.46. The van der Waals surface area contributed by atoms with Crippen molar-refractivity contribution in [3.05, 3.63) is 43.0 Å². The third-order valence-corrected chi connectivity index (χ3v) is 7.18. The lowest BCUT2D eigenvalue weighted by atomic mass is 10.1. The van der Waals surface area contributed by atoms with Crippen LogP contribution in [0.2, 0.25) is 0 Å². The summed E-state index contributed by atoms with van der Waals surface area (Å²) in [5.74, 6) is 3.73. The fourth-order valence-electron chi connectivity index (χ4n) is 4.86. The number of rotatable bonds is 3. The molecule has 0 radical (unpaired) electrons. The van der Waals surface area contributed by atoms with Gasteiger partial charge in [0.05, 0.1) is 49.2 Å². The zero-order chi connectivity index (χ0) is 27.6. The number of ether oxygens (including phenoxy) is 3. The van der Waals surface area contributed by atoms with Gasteiger partial charge in [0.1, 0.15) is 28.7 Å². The summed E-state index contributed by atoms with van der Waals surface area (Å²) >= 11 is 0. The number of aryl methyl sites for hydroxylation is 1.